The van der Waals surface area contributed by atoms with E-state index >= 15 is 0 Å². The topological polar surface area (TPSA) is 78.0 Å². The normalized spacial score (nSPS) is 19.4. The van der Waals surface area contributed by atoms with Gasteiger partial charge in [-0.3, -0.25) is 14.4 Å². The number of amides is 4. The highest BCUT2D eigenvalue weighted by molar-refractivity contribution is 7.12. The molecule has 3 heterocycles. The van der Waals surface area contributed by atoms with Crippen LogP contribution in [0.5, 0.6) is 0 Å². The predicted molar refractivity (Wildman–Crippen MR) is 100 cm³/mol. The Bertz CT molecular complexity index is 923. The van der Waals surface area contributed by atoms with Gasteiger partial charge in [0.05, 0.1) is 17.1 Å². The number of carbonyl (C=O) groups is 4. The molecule has 0 N–H and O–H groups in total. The van der Waals surface area contributed by atoms with E-state index < -0.39 is 6.04 Å². The van der Waals surface area contributed by atoms with Crippen molar-refractivity contribution in [3.05, 3.63) is 52.2 Å². The number of benzene rings is 1. The monoisotopic (exact) mass is 383 g/mol. The van der Waals surface area contributed by atoms with E-state index in [4.69, 9.17) is 0 Å². The van der Waals surface area contributed by atoms with Gasteiger partial charge in [0.1, 0.15) is 6.04 Å². The van der Waals surface area contributed by atoms with Gasteiger partial charge in [-0.25, -0.2) is 9.69 Å². The second kappa shape index (κ2) is 6.62. The molecule has 2 fully saturated rings. The largest absolute Gasteiger partial charge is 0.334 e. The summed E-state index contributed by atoms with van der Waals surface area (Å²) in [4.78, 5) is 54.5. The van der Waals surface area contributed by atoms with E-state index in [1.54, 1.807) is 35.2 Å². The number of rotatable bonds is 3. The van der Waals surface area contributed by atoms with Crippen molar-refractivity contribution in [1.82, 2.24) is 9.80 Å². The van der Waals surface area contributed by atoms with Gasteiger partial charge in [0.15, 0.2) is 5.78 Å². The van der Waals surface area contributed by atoms with Gasteiger partial charge in [-0.15, -0.1) is 11.3 Å². The SMILES string of the molecule is CC(=O)c1ccc(N2C(=O)C3CN(C(=O)c4cccs4)CCN3C2=O)cc1. The molecule has 1 unspecified atom stereocenters. The zero-order valence-corrected chi connectivity index (χ0v) is 15.4. The molecule has 1 aromatic heterocycles. The standard InChI is InChI=1S/C19H17N3O4S/c1-12(23)13-4-6-14(7-5-13)22-17(24)15-11-20(8-9-21(15)19(22)26)18(25)16-3-2-10-27-16/h2-7,10,15H,8-9,11H2,1H3. The van der Waals surface area contributed by atoms with Crippen LogP contribution in [-0.4, -0.2) is 59.1 Å². The van der Waals surface area contributed by atoms with Crippen LogP contribution in [0.15, 0.2) is 41.8 Å². The fourth-order valence-corrected chi connectivity index (χ4v) is 4.11. The van der Waals surface area contributed by atoms with Crippen LogP contribution in [0.2, 0.25) is 0 Å². The van der Waals surface area contributed by atoms with Crippen LogP contribution in [0.1, 0.15) is 27.0 Å². The first-order chi connectivity index (χ1) is 13.0. The van der Waals surface area contributed by atoms with E-state index in [2.05, 4.69) is 0 Å². The van der Waals surface area contributed by atoms with Crippen molar-refractivity contribution in [3.63, 3.8) is 0 Å². The summed E-state index contributed by atoms with van der Waals surface area (Å²) in [6.07, 6.45) is 0. The first-order valence-corrected chi connectivity index (χ1v) is 9.43. The molecule has 138 valence electrons. The Morgan fingerprint density at radius 1 is 1.07 bits per heavy atom. The highest BCUT2D eigenvalue weighted by Gasteiger charge is 2.49. The number of hydrogen-bond donors (Lipinski definition) is 0. The fourth-order valence-electron chi connectivity index (χ4n) is 3.42. The molecule has 0 bridgehead atoms. The molecule has 4 amide bonds. The lowest BCUT2D eigenvalue weighted by atomic mass is 10.1. The van der Waals surface area contributed by atoms with E-state index in [0.29, 0.717) is 29.2 Å². The quantitative estimate of drug-likeness (QED) is 0.602. The van der Waals surface area contributed by atoms with Crippen molar-refractivity contribution in [2.24, 2.45) is 0 Å². The van der Waals surface area contributed by atoms with E-state index in [0.717, 1.165) is 4.90 Å². The number of imide groups is 1. The van der Waals surface area contributed by atoms with Crippen LogP contribution < -0.4 is 4.90 Å². The summed E-state index contributed by atoms with van der Waals surface area (Å²) in [6, 6.07) is 8.89. The van der Waals surface area contributed by atoms with Gasteiger partial charge in [0.2, 0.25) is 0 Å². The summed E-state index contributed by atoms with van der Waals surface area (Å²) in [5, 5.41) is 1.83. The average molecular weight is 383 g/mol. The Kier molecular flexibility index (Phi) is 4.27. The summed E-state index contributed by atoms with van der Waals surface area (Å²) in [5.41, 5.74) is 0.948. The minimum Gasteiger partial charge on any atom is -0.334 e. The Labute approximate surface area is 159 Å². The summed E-state index contributed by atoms with van der Waals surface area (Å²) >= 11 is 1.36. The third-order valence-corrected chi connectivity index (χ3v) is 5.73. The maximum absolute atomic E-state index is 12.9. The Morgan fingerprint density at radius 2 is 1.81 bits per heavy atom. The number of fused-ring (bicyclic) bond motifs is 1. The smallest absolute Gasteiger partial charge is 0.332 e. The lowest BCUT2D eigenvalue weighted by Gasteiger charge is -2.35. The molecule has 2 aliphatic heterocycles. The molecule has 0 saturated carbocycles. The number of thiophene rings is 1. The number of anilines is 1. The number of ketones is 1. The number of nitrogens with zero attached hydrogens (tertiary/aromatic N) is 3. The van der Waals surface area contributed by atoms with Crippen LogP contribution in [0, 0.1) is 0 Å². The van der Waals surface area contributed by atoms with Gasteiger partial charge >= 0.3 is 6.03 Å². The number of hydrogen-bond acceptors (Lipinski definition) is 5. The summed E-state index contributed by atoms with van der Waals surface area (Å²) in [7, 11) is 0. The predicted octanol–water partition coefficient (Wildman–Crippen LogP) is 2.24. The molecule has 7 nitrogen and oxygen atoms in total. The molecule has 8 heteroatoms. The van der Waals surface area contributed by atoms with Gasteiger partial charge in [0.25, 0.3) is 11.8 Å². The van der Waals surface area contributed by atoms with E-state index in [1.165, 1.54) is 23.2 Å². The maximum Gasteiger partial charge on any atom is 0.332 e. The lowest BCUT2D eigenvalue weighted by Crippen LogP contribution is -2.54. The summed E-state index contributed by atoms with van der Waals surface area (Å²) < 4.78 is 0. The number of carbonyl (C=O) groups excluding carboxylic acids is 4. The van der Waals surface area contributed by atoms with Crippen molar-refractivity contribution < 1.29 is 19.2 Å². The second-order valence-corrected chi connectivity index (χ2v) is 7.44. The molecule has 2 saturated heterocycles. The van der Waals surface area contributed by atoms with Crippen LogP contribution in [-0.2, 0) is 4.79 Å². The third-order valence-electron chi connectivity index (χ3n) is 4.87. The first kappa shape index (κ1) is 17.4. The zero-order chi connectivity index (χ0) is 19.1. The van der Waals surface area contributed by atoms with Crippen molar-refractivity contribution in [2.75, 3.05) is 24.5 Å². The van der Waals surface area contributed by atoms with Gasteiger partial charge in [-0.05, 0) is 42.6 Å². The highest BCUT2D eigenvalue weighted by atomic mass is 32.1. The minimum atomic E-state index is -0.678. The molecule has 27 heavy (non-hydrogen) atoms. The average Bonchev–Trinajstić information content (AvgIpc) is 3.29. The molecule has 1 atom stereocenters. The van der Waals surface area contributed by atoms with Crippen LogP contribution >= 0.6 is 11.3 Å². The third kappa shape index (κ3) is 2.91. The van der Waals surface area contributed by atoms with E-state index in [1.807, 2.05) is 11.4 Å². The van der Waals surface area contributed by atoms with E-state index in [9.17, 15) is 19.2 Å². The molecule has 0 spiro atoms. The Morgan fingerprint density at radius 3 is 2.44 bits per heavy atom. The van der Waals surface area contributed by atoms with Gasteiger partial charge in [-0.1, -0.05) is 6.07 Å². The van der Waals surface area contributed by atoms with Gasteiger partial charge in [0, 0.05) is 18.7 Å². The molecule has 1 aromatic carbocycles. The molecule has 2 aliphatic rings. The van der Waals surface area contributed by atoms with Crippen molar-refractivity contribution in [1.29, 1.82) is 0 Å². The highest BCUT2D eigenvalue weighted by Crippen LogP contribution is 2.28. The Balaban J connectivity index is 1.55. The van der Waals surface area contributed by atoms with Crippen LogP contribution in [0.25, 0.3) is 0 Å². The number of Topliss-reactive ketones (excluding diaryl/α,β-unsaturated/α-hetero) is 1. The molecule has 0 aliphatic carbocycles. The zero-order valence-electron chi connectivity index (χ0n) is 14.6. The van der Waals surface area contributed by atoms with Crippen molar-refractivity contribution in [3.8, 4) is 0 Å². The maximum atomic E-state index is 12.9. The molecule has 2 aromatic rings. The lowest BCUT2D eigenvalue weighted by molar-refractivity contribution is -0.120. The van der Waals surface area contributed by atoms with Crippen LogP contribution in [0.3, 0.4) is 0 Å². The number of urea groups is 1. The summed E-state index contributed by atoms with van der Waals surface area (Å²) in [6.45, 7) is 2.35. The van der Waals surface area contributed by atoms with Crippen LogP contribution in [0.4, 0.5) is 10.5 Å². The minimum absolute atomic E-state index is 0.0826. The van der Waals surface area contributed by atoms with Gasteiger partial charge in [-0.2, -0.15) is 0 Å². The van der Waals surface area contributed by atoms with Crippen molar-refractivity contribution >= 4 is 40.7 Å². The van der Waals surface area contributed by atoms with E-state index in [-0.39, 0.29) is 30.2 Å². The fraction of sp³-hybridized carbons (Fsp3) is 0.263. The van der Waals surface area contributed by atoms with Crippen molar-refractivity contribution in [2.45, 2.75) is 13.0 Å². The second-order valence-electron chi connectivity index (χ2n) is 6.50. The molecular formula is C19H17N3O4S. The molecule has 4 rings (SSSR count). The first-order valence-electron chi connectivity index (χ1n) is 8.55. The number of piperazine rings is 1. The molecular weight excluding hydrogens is 366 g/mol. The molecule has 0 radical (unpaired) electrons. The van der Waals surface area contributed by atoms with Gasteiger partial charge < -0.3 is 9.80 Å². The summed E-state index contributed by atoms with van der Waals surface area (Å²) in [5.74, 6) is -0.547. The Hall–Kier alpha value is -3.00.